The van der Waals surface area contributed by atoms with Crippen LogP contribution in [0.2, 0.25) is 0 Å². The van der Waals surface area contributed by atoms with E-state index in [2.05, 4.69) is 66.5 Å². The van der Waals surface area contributed by atoms with Crippen LogP contribution in [0.15, 0.2) is 0 Å². The van der Waals surface area contributed by atoms with E-state index in [1.54, 1.807) is 0 Å². The summed E-state index contributed by atoms with van der Waals surface area (Å²) in [5, 5.41) is 7.30. The lowest BCUT2D eigenvalue weighted by molar-refractivity contribution is -0.890. The molecule has 0 aromatic carbocycles. The molecular formula is C44H94N6O2+2. The zero-order valence-corrected chi connectivity index (χ0v) is 37.0. The van der Waals surface area contributed by atoms with Crippen LogP contribution in [0, 0.1) is 11.8 Å². The van der Waals surface area contributed by atoms with E-state index in [-0.39, 0.29) is 0 Å². The quantitative estimate of drug-likeness (QED) is 0.0497. The molecule has 0 bridgehead atoms. The van der Waals surface area contributed by atoms with Crippen LogP contribution >= 0.6 is 0 Å². The fraction of sp³-hybridized carbons (Fsp3) is 0.955. The number of quaternary nitrogens is 2. The van der Waals surface area contributed by atoms with Gasteiger partial charge in [0.25, 0.3) is 0 Å². The van der Waals surface area contributed by atoms with E-state index in [0.717, 1.165) is 87.0 Å². The molecule has 8 nitrogen and oxygen atoms in total. The molecule has 0 saturated carbocycles. The van der Waals surface area contributed by atoms with Gasteiger partial charge in [-0.25, -0.2) is 0 Å². The molecule has 0 aromatic heterocycles. The number of rotatable bonds is 37. The maximum Gasteiger partial charge on any atom is 0.222 e. The average Bonchev–Trinajstić information content (AvgIpc) is 3.09. The Morgan fingerprint density at radius 3 is 1.19 bits per heavy atom. The summed E-state index contributed by atoms with van der Waals surface area (Å²) >= 11 is 0. The molecule has 0 aliphatic heterocycles. The Morgan fingerprint density at radius 1 is 0.481 bits per heavy atom. The third-order valence-corrected chi connectivity index (χ3v) is 11.4. The third-order valence-electron chi connectivity index (χ3n) is 11.4. The minimum absolute atomic E-state index is 0.317. The lowest BCUT2D eigenvalue weighted by Crippen LogP contribution is -2.43. The fourth-order valence-electron chi connectivity index (χ4n) is 7.21. The lowest BCUT2D eigenvalue weighted by atomic mass is 9.97. The van der Waals surface area contributed by atoms with E-state index in [1.807, 2.05) is 23.9 Å². The third kappa shape index (κ3) is 31.2. The number of nitrogens with one attached hydrogen (secondary N) is 2. The Labute approximate surface area is 325 Å². The summed E-state index contributed by atoms with van der Waals surface area (Å²) < 4.78 is 2.04. The number of carbonyl (C=O) groups is 2. The highest BCUT2D eigenvalue weighted by molar-refractivity contribution is 5.76. The van der Waals surface area contributed by atoms with Crippen LogP contribution in [0.5, 0.6) is 0 Å². The Morgan fingerprint density at radius 2 is 0.827 bits per heavy atom. The molecule has 52 heavy (non-hydrogen) atoms. The molecule has 0 aliphatic carbocycles. The summed E-state index contributed by atoms with van der Waals surface area (Å²) in [6.45, 7) is 19.8. The molecule has 310 valence electrons. The van der Waals surface area contributed by atoms with E-state index in [0.29, 0.717) is 36.5 Å². The van der Waals surface area contributed by atoms with Crippen molar-refractivity contribution in [1.82, 2.24) is 20.4 Å². The Bertz CT molecular complexity index is 783. The van der Waals surface area contributed by atoms with Crippen molar-refractivity contribution < 1.29 is 18.6 Å². The summed E-state index contributed by atoms with van der Waals surface area (Å²) in [4.78, 5) is 29.2. The zero-order valence-electron chi connectivity index (χ0n) is 37.0. The average molecular weight is 739 g/mol. The maximum atomic E-state index is 12.6. The predicted octanol–water partition coefficient (Wildman–Crippen LogP) is 8.35. The van der Waals surface area contributed by atoms with Crippen LogP contribution in [0.1, 0.15) is 156 Å². The normalized spacial score (nSPS) is 13.3. The van der Waals surface area contributed by atoms with E-state index in [4.69, 9.17) is 0 Å². The first-order valence-electron chi connectivity index (χ1n) is 22.3. The summed E-state index contributed by atoms with van der Waals surface area (Å²) in [5.74, 6) is 1.95. The van der Waals surface area contributed by atoms with E-state index < -0.39 is 0 Å². The second-order valence-electron chi connectivity index (χ2n) is 18.0. The number of amides is 2. The van der Waals surface area contributed by atoms with E-state index >= 15 is 0 Å². The molecule has 2 amide bonds. The minimum Gasteiger partial charge on any atom is -0.346 e. The Hall–Kier alpha value is -1.22. The minimum atomic E-state index is 0.317. The molecule has 2 unspecified atom stereocenters. The van der Waals surface area contributed by atoms with Crippen LogP contribution in [0.3, 0.4) is 0 Å². The first-order valence-corrected chi connectivity index (χ1v) is 22.3. The molecule has 0 saturated heterocycles. The van der Waals surface area contributed by atoms with Gasteiger partial charge in [-0.1, -0.05) is 91.9 Å². The van der Waals surface area contributed by atoms with Crippen molar-refractivity contribution in [3.63, 3.8) is 0 Å². The van der Waals surface area contributed by atoms with Crippen LogP contribution in [-0.2, 0) is 9.59 Å². The van der Waals surface area contributed by atoms with Crippen molar-refractivity contribution in [2.75, 3.05) is 108 Å². The molecule has 0 heterocycles. The van der Waals surface area contributed by atoms with Gasteiger partial charge in [0.05, 0.1) is 54.4 Å². The standard InChI is InChI=1S/C44H94N6O2/c1-11-13-15-17-25-41(3)27-29-43(51)47(5)35-23-39-49(7,8)37-21-33-45-31-19-20-32-46-34-22-38-50(9,10)40-24-36-48(6)44(52)30-28-42(4)26-18-16-14-12-2/h41-42,45-46H,11-40H2,1-10H3/q+2. The van der Waals surface area contributed by atoms with Gasteiger partial charge < -0.3 is 29.4 Å². The molecule has 0 rings (SSSR count). The SMILES string of the molecule is CCCCCCC(C)CCC(=O)N(C)CCC[N+](C)(C)CCCNCCCCNCCC[N+](C)(C)CCCN(C)C(=O)CCC(C)CCCCCC. The van der Waals surface area contributed by atoms with Crippen molar-refractivity contribution in [3.05, 3.63) is 0 Å². The number of nitrogens with zero attached hydrogens (tertiary/aromatic N) is 4. The van der Waals surface area contributed by atoms with Gasteiger partial charge in [-0.05, 0) is 50.6 Å². The summed E-state index contributed by atoms with van der Waals surface area (Å²) in [6, 6.07) is 0. The molecule has 8 heteroatoms. The van der Waals surface area contributed by atoms with Crippen LogP contribution < -0.4 is 10.6 Å². The van der Waals surface area contributed by atoms with Crippen molar-refractivity contribution >= 4 is 11.8 Å². The van der Waals surface area contributed by atoms with Crippen molar-refractivity contribution in [2.24, 2.45) is 11.8 Å². The van der Waals surface area contributed by atoms with Gasteiger partial charge in [0, 0.05) is 78.8 Å². The van der Waals surface area contributed by atoms with Gasteiger partial charge in [-0.2, -0.15) is 0 Å². The summed E-state index contributed by atoms with van der Waals surface area (Å²) in [7, 11) is 13.3. The number of hydrogen-bond donors (Lipinski definition) is 2. The number of unbranched alkanes of at least 4 members (excludes halogenated alkanes) is 7. The van der Waals surface area contributed by atoms with Gasteiger partial charge in [0.1, 0.15) is 0 Å². The highest BCUT2D eigenvalue weighted by Gasteiger charge is 2.18. The van der Waals surface area contributed by atoms with E-state index in [1.165, 1.54) is 103 Å². The van der Waals surface area contributed by atoms with Gasteiger partial charge in [0.15, 0.2) is 0 Å². The van der Waals surface area contributed by atoms with Crippen LogP contribution in [-0.4, -0.2) is 138 Å². The summed E-state index contributed by atoms with van der Waals surface area (Å²) in [6.07, 6.45) is 23.5. The highest BCUT2D eigenvalue weighted by atomic mass is 16.2. The largest absolute Gasteiger partial charge is 0.346 e. The van der Waals surface area contributed by atoms with Crippen molar-refractivity contribution in [2.45, 2.75) is 156 Å². The first kappa shape index (κ1) is 50.8. The van der Waals surface area contributed by atoms with Gasteiger partial charge in [-0.3, -0.25) is 9.59 Å². The predicted molar refractivity (Wildman–Crippen MR) is 227 cm³/mol. The second-order valence-corrected chi connectivity index (χ2v) is 18.0. The number of carbonyl (C=O) groups excluding carboxylic acids is 2. The lowest BCUT2D eigenvalue weighted by Gasteiger charge is -2.31. The topological polar surface area (TPSA) is 64.7 Å². The smallest absolute Gasteiger partial charge is 0.222 e. The molecule has 2 atom stereocenters. The zero-order chi connectivity index (χ0) is 39.1. The Balaban J connectivity index is 3.78. The molecule has 0 aromatic rings. The molecule has 0 fully saturated rings. The van der Waals surface area contributed by atoms with Crippen molar-refractivity contribution in [1.29, 1.82) is 0 Å². The highest BCUT2D eigenvalue weighted by Crippen LogP contribution is 2.17. The van der Waals surface area contributed by atoms with Crippen LogP contribution in [0.4, 0.5) is 0 Å². The Kier molecular flexibility index (Phi) is 31.3. The molecular weight excluding hydrogens is 645 g/mol. The van der Waals surface area contributed by atoms with Crippen molar-refractivity contribution in [3.8, 4) is 0 Å². The summed E-state index contributed by atoms with van der Waals surface area (Å²) in [5.41, 5.74) is 0. The maximum absolute atomic E-state index is 12.6. The number of hydrogen-bond acceptors (Lipinski definition) is 4. The molecule has 0 radical (unpaired) electrons. The molecule has 2 N–H and O–H groups in total. The van der Waals surface area contributed by atoms with Gasteiger partial charge in [0.2, 0.25) is 11.8 Å². The monoisotopic (exact) mass is 739 g/mol. The fourth-order valence-corrected chi connectivity index (χ4v) is 7.21. The second kappa shape index (κ2) is 32.1. The van der Waals surface area contributed by atoms with E-state index in [9.17, 15) is 9.59 Å². The van der Waals surface area contributed by atoms with Gasteiger partial charge >= 0.3 is 0 Å². The van der Waals surface area contributed by atoms with Gasteiger partial charge in [-0.15, -0.1) is 0 Å². The van der Waals surface area contributed by atoms with Crippen LogP contribution in [0.25, 0.3) is 0 Å². The molecule has 0 spiro atoms. The molecule has 0 aliphatic rings. The first-order chi connectivity index (χ1) is 24.7.